The molecule has 1 aromatic carbocycles. The van der Waals surface area contributed by atoms with Gasteiger partial charge in [-0.3, -0.25) is 0 Å². The highest BCUT2D eigenvalue weighted by molar-refractivity contribution is 5.77. The molecule has 0 saturated heterocycles. The Morgan fingerprint density at radius 2 is 1.86 bits per heavy atom. The summed E-state index contributed by atoms with van der Waals surface area (Å²) in [5, 5.41) is 3.04. The zero-order valence-electron chi connectivity index (χ0n) is 9.09. The van der Waals surface area contributed by atoms with Crippen LogP contribution in [0.15, 0.2) is 37.1 Å². The molecule has 0 bridgehead atoms. The lowest BCUT2D eigenvalue weighted by atomic mass is 9.96. The lowest BCUT2D eigenvalue weighted by Crippen LogP contribution is -1.98. The molecule has 0 spiro atoms. The minimum atomic E-state index is 1.14. The van der Waals surface area contributed by atoms with E-state index in [2.05, 4.69) is 43.9 Å². The number of allylic oxidation sites excluding steroid dienone is 2. The topological polar surface area (TPSA) is 12.0 Å². The van der Waals surface area contributed by atoms with E-state index in [0.717, 1.165) is 5.57 Å². The normalized spacial score (nSPS) is 11.2. The lowest BCUT2D eigenvalue weighted by molar-refractivity contribution is 1.10. The van der Waals surface area contributed by atoms with E-state index in [1.165, 1.54) is 16.7 Å². The number of rotatable bonds is 3. The smallest absolute Gasteiger partial charge is 0.00412 e. The van der Waals surface area contributed by atoms with Crippen LogP contribution in [0.4, 0.5) is 0 Å². The van der Waals surface area contributed by atoms with E-state index >= 15 is 0 Å². The molecule has 74 valence electrons. The summed E-state index contributed by atoms with van der Waals surface area (Å²) < 4.78 is 0. The summed E-state index contributed by atoms with van der Waals surface area (Å²) in [6.45, 7) is 8.07. The van der Waals surface area contributed by atoms with Crippen molar-refractivity contribution < 1.29 is 0 Å². The Morgan fingerprint density at radius 1 is 1.29 bits per heavy atom. The van der Waals surface area contributed by atoms with Gasteiger partial charge in [0.15, 0.2) is 0 Å². The van der Waals surface area contributed by atoms with Crippen molar-refractivity contribution in [1.82, 2.24) is 5.32 Å². The predicted octanol–water partition coefficient (Wildman–Crippen LogP) is 3.05. The van der Waals surface area contributed by atoms with Crippen molar-refractivity contribution in [3.05, 3.63) is 53.7 Å². The molecule has 0 fully saturated rings. The predicted molar refractivity (Wildman–Crippen MR) is 63.1 cm³/mol. The maximum Gasteiger partial charge on any atom is 0.00412 e. The van der Waals surface area contributed by atoms with Crippen molar-refractivity contribution in [2.24, 2.45) is 0 Å². The molecule has 1 N–H and O–H groups in total. The first-order valence-electron chi connectivity index (χ1n) is 4.77. The molecule has 1 nitrogen and oxygen atoms in total. The summed E-state index contributed by atoms with van der Waals surface area (Å²) in [7, 11) is 1.90. The van der Waals surface area contributed by atoms with Gasteiger partial charge in [-0.15, -0.1) is 0 Å². The molecule has 14 heavy (non-hydrogen) atoms. The maximum absolute atomic E-state index is 3.83. The van der Waals surface area contributed by atoms with Crippen LogP contribution in [-0.4, -0.2) is 7.05 Å². The highest BCUT2D eigenvalue weighted by Crippen LogP contribution is 2.22. The first kappa shape index (κ1) is 10.6. The summed E-state index contributed by atoms with van der Waals surface area (Å²) in [5.74, 6) is 0. The fourth-order valence-corrected chi connectivity index (χ4v) is 1.66. The summed E-state index contributed by atoms with van der Waals surface area (Å²) in [4.78, 5) is 0. The summed E-state index contributed by atoms with van der Waals surface area (Å²) >= 11 is 0. The lowest BCUT2D eigenvalue weighted by Gasteiger charge is -2.10. The third-order valence-corrected chi connectivity index (χ3v) is 2.29. The van der Waals surface area contributed by atoms with E-state index in [4.69, 9.17) is 0 Å². The Kier molecular flexibility index (Phi) is 3.52. The molecule has 0 amide bonds. The molecule has 0 radical (unpaired) electrons. The van der Waals surface area contributed by atoms with Crippen LogP contribution in [-0.2, 0) is 0 Å². The quantitative estimate of drug-likeness (QED) is 0.717. The van der Waals surface area contributed by atoms with Gasteiger partial charge in [-0.1, -0.05) is 30.9 Å². The molecule has 0 atom stereocenters. The van der Waals surface area contributed by atoms with Gasteiger partial charge in [-0.25, -0.2) is 0 Å². The molecule has 0 aliphatic rings. The van der Waals surface area contributed by atoms with Gasteiger partial charge in [-0.2, -0.15) is 0 Å². The van der Waals surface area contributed by atoms with Crippen LogP contribution in [0.2, 0.25) is 0 Å². The van der Waals surface area contributed by atoms with Crippen LogP contribution in [0.5, 0.6) is 0 Å². The first-order valence-corrected chi connectivity index (χ1v) is 4.77. The average molecular weight is 187 g/mol. The SMILES string of the molecule is C=C/C(=C\NC)c1c(C)cccc1C. The van der Waals surface area contributed by atoms with Crippen molar-refractivity contribution in [3.8, 4) is 0 Å². The zero-order chi connectivity index (χ0) is 10.6. The van der Waals surface area contributed by atoms with Gasteiger partial charge in [0, 0.05) is 13.2 Å². The van der Waals surface area contributed by atoms with Crippen LogP contribution in [0, 0.1) is 13.8 Å². The molecule has 0 heterocycles. The van der Waals surface area contributed by atoms with Gasteiger partial charge in [0.1, 0.15) is 0 Å². The molecule has 0 aromatic heterocycles. The van der Waals surface area contributed by atoms with Gasteiger partial charge >= 0.3 is 0 Å². The number of aryl methyl sites for hydroxylation is 2. The highest BCUT2D eigenvalue weighted by Gasteiger charge is 2.04. The molecular weight excluding hydrogens is 170 g/mol. The third-order valence-electron chi connectivity index (χ3n) is 2.29. The zero-order valence-corrected chi connectivity index (χ0v) is 9.09. The van der Waals surface area contributed by atoms with E-state index in [0.29, 0.717) is 0 Å². The van der Waals surface area contributed by atoms with Crippen LogP contribution in [0.1, 0.15) is 16.7 Å². The second-order valence-electron chi connectivity index (χ2n) is 3.36. The standard InChI is InChI=1S/C13H17N/c1-5-12(9-14-4)13-10(2)7-6-8-11(13)3/h5-9,14H,1H2,2-4H3/b12-9+. The highest BCUT2D eigenvalue weighted by atomic mass is 14.8. The molecule has 1 heteroatoms. The molecule has 0 saturated carbocycles. The van der Waals surface area contributed by atoms with Crippen LogP contribution in [0.25, 0.3) is 5.57 Å². The summed E-state index contributed by atoms with van der Waals surface area (Å²) in [6, 6.07) is 6.32. The summed E-state index contributed by atoms with van der Waals surface area (Å²) in [5.41, 5.74) is 4.98. The molecule has 1 aromatic rings. The minimum Gasteiger partial charge on any atom is -0.393 e. The molecule has 0 unspecified atom stereocenters. The van der Waals surface area contributed by atoms with Gasteiger partial charge in [0.2, 0.25) is 0 Å². The third kappa shape index (κ3) is 2.05. The van der Waals surface area contributed by atoms with Crippen molar-refractivity contribution in [2.45, 2.75) is 13.8 Å². The number of benzene rings is 1. The van der Waals surface area contributed by atoms with E-state index in [-0.39, 0.29) is 0 Å². The van der Waals surface area contributed by atoms with E-state index < -0.39 is 0 Å². The Labute approximate surface area is 86.2 Å². The Balaban J connectivity index is 3.29. The molecule has 0 aliphatic heterocycles. The Hall–Kier alpha value is -1.50. The molecule has 1 rings (SSSR count). The van der Waals surface area contributed by atoms with E-state index in [1.807, 2.05) is 19.3 Å². The second-order valence-corrected chi connectivity index (χ2v) is 3.36. The number of hydrogen-bond donors (Lipinski definition) is 1. The Bertz CT molecular complexity index is 341. The summed E-state index contributed by atoms with van der Waals surface area (Å²) in [6.07, 6.45) is 3.86. The fraction of sp³-hybridized carbons (Fsp3) is 0.231. The van der Waals surface area contributed by atoms with Crippen molar-refractivity contribution in [2.75, 3.05) is 7.05 Å². The molecule has 0 aliphatic carbocycles. The Morgan fingerprint density at radius 3 is 2.29 bits per heavy atom. The van der Waals surface area contributed by atoms with Crippen LogP contribution >= 0.6 is 0 Å². The van der Waals surface area contributed by atoms with Crippen molar-refractivity contribution in [1.29, 1.82) is 0 Å². The largest absolute Gasteiger partial charge is 0.393 e. The van der Waals surface area contributed by atoms with Crippen LogP contribution in [0.3, 0.4) is 0 Å². The monoisotopic (exact) mass is 187 g/mol. The van der Waals surface area contributed by atoms with Gasteiger partial charge in [0.05, 0.1) is 0 Å². The average Bonchev–Trinajstić information content (AvgIpc) is 2.16. The van der Waals surface area contributed by atoms with Gasteiger partial charge in [0.25, 0.3) is 0 Å². The van der Waals surface area contributed by atoms with Crippen LogP contribution < -0.4 is 5.32 Å². The second kappa shape index (κ2) is 4.66. The van der Waals surface area contributed by atoms with Crippen molar-refractivity contribution >= 4 is 5.57 Å². The van der Waals surface area contributed by atoms with Gasteiger partial charge < -0.3 is 5.32 Å². The number of nitrogens with one attached hydrogen (secondary N) is 1. The fourth-order valence-electron chi connectivity index (χ4n) is 1.66. The molecular formula is C13H17N. The minimum absolute atomic E-state index is 1.14. The number of hydrogen-bond acceptors (Lipinski definition) is 1. The van der Waals surface area contributed by atoms with Crippen molar-refractivity contribution in [3.63, 3.8) is 0 Å². The van der Waals surface area contributed by atoms with E-state index in [1.54, 1.807) is 0 Å². The maximum atomic E-state index is 3.83. The first-order chi connectivity index (χ1) is 6.70. The van der Waals surface area contributed by atoms with Gasteiger partial charge in [-0.05, 0) is 36.1 Å². The van der Waals surface area contributed by atoms with E-state index in [9.17, 15) is 0 Å².